The quantitative estimate of drug-likeness (QED) is 0.107. The zero-order valence-electron chi connectivity index (χ0n) is 39.2. The van der Waals surface area contributed by atoms with Gasteiger partial charge in [-0.2, -0.15) is 0 Å². The van der Waals surface area contributed by atoms with Gasteiger partial charge in [-0.05, 0) is 119 Å². The molecule has 17 heteroatoms. The molecule has 62 heavy (non-hydrogen) atoms. The van der Waals surface area contributed by atoms with E-state index in [0.717, 1.165) is 51.9 Å². The van der Waals surface area contributed by atoms with E-state index >= 15 is 0 Å². The van der Waals surface area contributed by atoms with Gasteiger partial charge in [0.15, 0.2) is 23.0 Å². The first-order valence-electron chi connectivity index (χ1n) is 22.3. The third kappa shape index (κ3) is 12.5. The lowest BCUT2D eigenvalue weighted by molar-refractivity contribution is -0.0980. The van der Waals surface area contributed by atoms with Crippen LogP contribution in [0.5, 0.6) is 23.0 Å². The molecule has 2 fully saturated rings. The maximum Gasteiger partial charge on any atom is 0.163 e. The number of benzene rings is 4. The second kappa shape index (κ2) is 23.3. The molecule has 2 aliphatic heterocycles. The van der Waals surface area contributed by atoms with Crippen molar-refractivity contribution in [1.29, 1.82) is 0 Å². The molecule has 0 saturated carbocycles. The summed E-state index contributed by atoms with van der Waals surface area (Å²) in [5.74, 6) is 1.17. The van der Waals surface area contributed by atoms with Crippen molar-refractivity contribution in [2.24, 2.45) is 11.8 Å². The fraction of sp³-hybridized carbons (Fsp3) is 0.356. The Bertz CT molecular complexity index is 2630. The first-order chi connectivity index (χ1) is 32.0. The van der Waals surface area contributed by atoms with E-state index in [2.05, 4.69) is 79.7 Å². The van der Waals surface area contributed by atoms with E-state index < -0.39 is 25.7 Å². The largest absolute Gasteiger partial charge is 0.493 e. The number of hydrogen-bond donors (Lipinski definition) is 3. The van der Waals surface area contributed by atoms with Crippen LogP contribution in [-0.2, 0) is 4.79 Å². The van der Waals surface area contributed by atoms with Crippen molar-refractivity contribution in [1.82, 2.24) is 30.2 Å². The molecule has 0 aliphatic carbocycles. The Morgan fingerprint density at radius 2 is 1.16 bits per heavy atom. The number of aromatic nitrogens is 4. The van der Waals surface area contributed by atoms with Crippen LogP contribution < -0.4 is 34.9 Å². The van der Waals surface area contributed by atoms with Crippen molar-refractivity contribution in [2.45, 2.75) is 33.1 Å². The minimum atomic E-state index is -2.67. The van der Waals surface area contributed by atoms with Crippen molar-refractivity contribution in [3.8, 4) is 23.0 Å². The average molecular weight is 989 g/mol. The van der Waals surface area contributed by atoms with Crippen LogP contribution in [0.4, 0.5) is 31.8 Å². The van der Waals surface area contributed by atoms with E-state index in [4.69, 9.17) is 32.0 Å². The summed E-state index contributed by atoms with van der Waals surface area (Å²) in [5.41, 5.74) is 1.47. The minimum absolute atomic E-state index is 0. The summed E-state index contributed by atoms with van der Waals surface area (Å²) in [7, 11) is -3.24. The number of piperidine rings is 2. The molecule has 13 nitrogen and oxygen atoms in total. The summed E-state index contributed by atoms with van der Waals surface area (Å²) in [4.78, 5) is 27.3. The number of ether oxygens (including phenoxy) is 4. The highest BCUT2D eigenvalue weighted by Gasteiger charge is 2.20. The van der Waals surface area contributed by atoms with Gasteiger partial charge >= 0.3 is 0 Å². The van der Waals surface area contributed by atoms with Crippen LogP contribution in [0.25, 0.3) is 21.8 Å². The highest BCUT2D eigenvalue weighted by atomic mass is 79.9. The number of nitrogens with one attached hydrogen (secondary N) is 3. The highest BCUT2D eigenvalue weighted by molar-refractivity contribution is 9.10. The molecular weight excluding hydrogens is 930 g/mol. The van der Waals surface area contributed by atoms with Crippen LogP contribution in [-0.4, -0.2) is 92.1 Å². The number of hydrogen-bond acceptors (Lipinski definition) is 13. The van der Waals surface area contributed by atoms with Crippen molar-refractivity contribution in [3.63, 3.8) is 0 Å². The summed E-state index contributed by atoms with van der Waals surface area (Å²) in [6, 6.07) is 15.5. The Morgan fingerprint density at radius 1 is 0.710 bits per heavy atom. The molecule has 0 radical (unpaired) electrons. The molecule has 330 valence electrons. The van der Waals surface area contributed by atoms with Crippen LogP contribution >= 0.6 is 31.9 Å². The van der Waals surface area contributed by atoms with Gasteiger partial charge in [0, 0.05) is 31.9 Å². The molecule has 6 aromatic rings. The Hall–Kier alpha value is -5.23. The molecule has 4 aromatic carbocycles. The van der Waals surface area contributed by atoms with Crippen LogP contribution in [0.2, 0.25) is 0 Å². The summed E-state index contributed by atoms with van der Waals surface area (Å²) in [6.45, 7) is 6.76. The van der Waals surface area contributed by atoms with Crippen molar-refractivity contribution < 1.29 is 40.7 Å². The molecule has 8 rings (SSSR count). The van der Waals surface area contributed by atoms with Gasteiger partial charge in [-0.3, -0.25) is 0 Å². The number of halogens is 4. The Labute approximate surface area is 386 Å². The van der Waals surface area contributed by atoms with E-state index in [9.17, 15) is 8.78 Å². The third-order valence-corrected chi connectivity index (χ3v) is 11.2. The van der Waals surface area contributed by atoms with Crippen LogP contribution in [0.3, 0.4) is 0 Å². The number of fused-ring (bicyclic) bond motifs is 2. The second-order valence-electron chi connectivity index (χ2n) is 14.3. The van der Waals surface area contributed by atoms with Gasteiger partial charge < -0.3 is 44.6 Å². The number of carbonyl (C=O) groups excluding carboxylic acids is 1. The topological polar surface area (TPSA) is 145 Å². The van der Waals surface area contributed by atoms with Crippen LogP contribution in [0, 0.1) is 23.5 Å². The van der Waals surface area contributed by atoms with E-state index in [1.54, 1.807) is 36.4 Å². The standard InChI is InChI=1S/C22H24BrFN4O2.C21H22BrFN4O2.CH2O.CH4/c1-28-7-5-14(6-8-28)12-30-21-11-19-16(10-20(21)29-2)22(26-13-25-19)27-18-4-3-15(23)9-17(18)24;1-28-19-9-15-18(10-20(19)29-11-13-4-6-24-7-5-13)25-12-26-21(15)27-17-3-2-14(22)8-16(17)23;1-2;/h3-4,9-11,13-14H,5-8,12H2,1-2H3,(H,25,26,27);2-3,8-10,12-13,24H,4-7,11H2,1H3,(H,25,26,27);1H2;1H4/i2D3;1D3;;. The summed E-state index contributed by atoms with van der Waals surface area (Å²) < 4.78 is 97.6. The summed E-state index contributed by atoms with van der Waals surface area (Å²) in [6.07, 6.45) is 6.69. The van der Waals surface area contributed by atoms with Crippen LogP contribution in [0.1, 0.15) is 41.3 Å². The molecule has 2 saturated heterocycles. The first-order valence-corrected chi connectivity index (χ1v) is 20.9. The number of likely N-dealkylation sites (tertiary alicyclic amines) is 1. The molecule has 4 heterocycles. The SMILES string of the molecule is C.C=O.[2H]C([2H])([2H])Oc1cc2c(Nc3ccc(Br)cc3F)ncnc2cc1OCC1CCN(C)CC1.[2H]C([2H])([2H])Oc1cc2c(Nc3ccc(Br)cc3F)ncnc2cc1OCC1CCNCC1. The third-order valence-electron chi connectivity index (χ3n) is 10.2. The van der Waals surface area contributed by atoms with Crippen molar-refractivity contribution >= 4 is 83.5 Å². The van der Waals surface area contributed by atoms with Crippen molar-refractivity contribution in [2.75, 3.05) is 71.1 Å². The van der Waals surface area contributed by atoms with Gasteiger partial charge in [0.05, 0.1) is 57.9 Å². The van der Waals surface area contributed by atoms with E-state index in [-0.39, 0.29) is 30.3 Å². The normalized spacial score (nSPS) is 16.2. The molecule has 3 N–H and O–H groups in total. The number of anilines is 4. The van der Waals surface area contributed by atoms with Gasteiger partial charge in [0.25, 0.3) is 0 Å². The van der Waals surface area contributed by atoms with Gasteiger partial charge in [0.1, 0.15) is 42.7 Å². The zero-order chi connectivity index (χ0) is 48.3. The number of methoxy groups -OCH3 is 2. The zero-order valence-corrected chi connectivity index (χ0v) is 36.3. The fourth-order valence-electron chi connectivity index (χ4n) is 6.84. The van der Waals surface area contributed by atoms with E-state index in [1.807, 2.05) is 6.79 Å². The minimum Gasteiger partial charge on any atom is -0.493 e. The van der Waals surface area contributed by atoms with E-state index in [1.165, 1.54) is 36.9 Å². The molecule has 0 bridgehead atoms. The summed E-state index contributed by atoms with van der Waals surface area (Å²) >= 11 is 6.46. The molecule has 2 aromatic heterocycles. The molecule has 0 amide bonds. The number of carbonyl (C=O) groups is 1. The fourth-order valence-corrected chi connectivity index (χ4v) is 7.51. The smallest absolute Gasteiger partial charge is 0.163 e. The predicted molar refractivity (Wildman–Crippen MR) is 248 cm³/mol. The Kier molecular flexibility index (Phi) is 14.9. The number of nitrogens with zero attached hydrogens (tertiary/aromatic N) is 5. The van der Waals surface area contributed by atoms with Gasteiger partial charge in [0.2, 0.25) is 0 Å². The Balaban J connectivity index is 0.000000242. The first kappa shape index (κ1) is 39.6. The highest BCUT2D eigenvalue weighted by Crippen LogP contribution is 2.37. The number of rotatable bonds is 12. The molecular formula is C45H52Br2F2N8O5. The molecule has 2 aliphatic rings. The monoisotopic (exact) mass is 986 g/mol. The predicted octanol–water partition coefficient (Wildman–Crippen LogP) is 10.1. The lowest BCUT2D eigenvalue weighted by Gasteiger charge is -2.28. The Morgan fingerprint density at radius 3 is 1.60 bits per heavy atom. The lowest BCUT2D eigenvalue weighted by atomic mass is 9.98. The van der Waals surface area contributed by atoms with E-state index in [0.29, 0.717) is 78.9 Å². The maximum atomic E-state index is 14.3. The van der Waals surface area contributed by atoms with Gasteiger partial charge in [-0.15, -0.1) is 0 Å². The van der Waals surface area contributed by atoms with Crippen LogP contribution in [0.15, 0.2) is 82.3 Å². The van der Waals surface area contributed by atoms with Gasteiger partial charge in [-0.1, -0.05) is 39.3 Å². The lowest BCUT2D eigenvalue weighted by Crippen LogP contribution is -2.32. The summed E-state index contributed by atoms with van der Waals surface area (Å²) in [5, 5.41) is 10.2. The maximum absolute atomic E-state index is 14.3. The van der Waals surface area contributed by atoms with Crippen molar-refractivity contribution in [3.05, 3.63) is 93.9 Å². The average Bonchev–Trinajstić information content (AvgIpc) is 3.28. The molecule has 0 spiro atoms. The molecule has 0 unspecified atom stereocenters. The molecule has 0 atom stereocenters. The second-order valence-corrected chi connectivity index (χ2v) is 16.2. The van der Waals surface area contributed by atoms with Gasteiger partial charge in [-0.25, -0.2) is 28.7 Å².